The molecule has 2 heterocycles. The number of likely N-dealkylation sites (tertiary alicyclic amines) is 1. The smallest absolute Gasteiger partial charge is 0.326 e. The van der Waals surface area contributed by atoms with Crippen LogP contribution in [0.4, 0.5) is 0 Å². The summed E-state index contributed by atoms with van der Waals surface area (Å²) in [6.07, 6.45) is 6.27. The summed E-state index contributed by atoms with van der Waals surface area (Å²) in [5.41, 5.74) is -0.0630. The molecule has 1 saturated carbocycles. The van der Waals surface area contributed by atoms with E-state index in [-0.39, 0.29) is 11.4 Å². The number of carbonyl (C=O) groups excluding carboxylic acids is 1. The maximum absolute atomic E-state index is 12.8. The molecule has 0 bridgehead atoms. The van der Waals surface area contributed by atoms with Crippen LogP contribution in [0.1, 0.15) is 44.9 Å². The maximum atomic E-state index is 12.8. The van der Waals surface area contributed by atoms with Crippen LogP contribution in [0.15, 0.2) is 0 Å². The molecule has 3 rings (SSSR count). The van der Waals surface area contributed by atoms with Crippen molar-refractivity contribution >= 4 is 11.9 Å². The molecule has 0 aromatic heterocycles. The number of ether oxygens (including phenoxy) is 1. The molecule has 0 aromatic carbocycles. The second kappa shape index (κ2) is 6.54. The topological polar surface area (TPSA) is 70.1 Å². The first-order valence-corrected chi connectivity index (χ1v) is 8.47. The Kier molecular flexibility index (Phi) is 4.68. The zero-order valence-electron chi connectivity index (χ0n) is 13.1. The van der Waals surface area contributed by atoms with E-state index in [9.17, 15) is 14.7 Å². The van der Waals surface area contributed by atoms with Gasteiger partial charge in [-0.15, -0.1) is 0 Å². The van der Waals surface area contributed by atoms with Crippen LogP contribution in [0.2, 0.25) is 0 Å². The highest BCUT2D eigenvalue weighted by Crippen LogP contribution is 2.39. The molecule has 1 aliphatic carbocycles. The maximum Gasteiger partial charge on any atom is 0.326 e. The molecule has 124 valence electrons. The van der Waals surface area contributed by atoms with Crippen molar-refractivity contribution in [2.75, 3.05) is 32.8 Å². The molecule has 1 atom stereocenters. The van der Waals surface area contributed by atoms with E-state index in [1.807, 2.05) is 0 Å². The average molecular weight is 310 g/mol. The third-order valence-electron chi connectivity index (χ3n) is 5.55. The Bertz CT molecular complexity index is 428. The van der Waals surface area contributed by atoms with Crippen LogP contribution >= 0.6 is 0 Å². The number of hydrogen-bond donors (Lipinski definition) is 1. The standard InChI is InChI=1S/C16H26N2O4/c19-14(18-7-3-4-13(18)15(20)21)12-16(5-1-2-6-16)17-8-10-22-11-9-17/h13H,1-12H2,(H,20,21)/t13-/m1/s1. The zero-order chi connectivity index (χ0) is 15.6. The van der Waals surface area contributed by atoms with E-state index < -0.39 is 12.0 Å². The number of carboxylic acids is 1. The lowest BCUT2D eigenvalue weighted by Crippen LogP contribution is -2.55. The highest BCUT2D eigenvalue weighted by atomic mass is 16.5. The summed E-state index contributed by atoms with van der Waals surface area (Å²) in [6, 6.07) is -0.615. The number of carbonyl (C=O) groups is 2. The molecule has 0 spiro atoms. The molecular weight excluding hydrogens is 284 g/mol. The minimum absolute atomic E-state index is 0.0262. The molecule has 6 heteroatoms. The van der Waals surface area contributed by atoms with Crippen LogP contribution in [-0.2, 0) is 14.3 Å². The summed E-state index contributed by atoms with van der Waals surface area (Å²) < 4.78 is 5.44. The Morgan fingerprint density at radius 2 is 1.77 bits per heavy atom. The fourth-order valence-corrected chi connectivity index (χ4v) is 4.38. The molecule has 1 N–H and O–H groups in total. The predicted octanol–water partition coefficient (Wildman–Crippen LogP) is 1.10. The van der Waals surface area contributed by atoms with Crippen molar-refractivity contribution in [3.63, 3.8) is 0 Å². The van der Waals surface area contributed by atoms with Gasteiger partial charge >= 0.3 is 5.97 Å². The number of hydrogen-bond acceptors (Lipinski definition) is 4. The lowest BCUT2D eigenvalue weighted by atomic mass is 9.89. The van der Waals surface area contributed by atoms with Gasteiger partial charge in [-0.05, 0) is 25.7 Å². The van der Waals surface area contributed by atoms with Crippen molar-refractivity contribution < 1.29 is 19.4 Å². The Hall–Kier alpha value is -1.14. The fourth-order valence-electron chi connectivity index (χ4n) is 4.38. The number of morpholine rings is 1. The Morgan fingerprint density at radius 1 is 1.09 bits per heavy atom. The van der Waals surface area contributed by atoms with E-state index in [0.717, 1.165) is 58.4 Å². The molecule has 3 fully saturated rings. The van der Waals surface area contributed by atoms with Crippen LogP contribution in [0, 0.1) is 0 Å². The van der Waals surface area contributed by atoms with Crippen molar-refractivity contribution in [3.05, 3.63) is 0 Å². The number of rotatable bonds is 4. The van der Waals surface area contributed by atoms with Crippen molar-refractivity contribution in [3.8, 4) is 0 Å². The van der Waals surface area contributed by atoms with Crippen LogP contribution in [0.3, 0.4) is 0 Å². The van der Waals surface area contributed by atoms with Gasteiger partial charge in [0, 0.05) is 31.6 Å². The van der Waals surface area contributed by atoms with E-state index in [1.165, 1.54) is 0 Å². The van der Waals surface area contributed by atoms with Gasteiger partial charge in [0.15, 0.2) is 0 Å². The summed E-state index contributed by atoms with van der Waals surface area (Å²) in [6.45, 7) is 3.83. The van der Waals surface area contributed by atoms with E-state index in [1.54, 1.807) is 4.90 Å². The normalized spacial score (nSPS) is 28.9. The van der Waals surface area contributed by atoms with Gasteiger partial charge in [-0.1, -0.05) is 12.8 Å². The highest BCUT2D eigenvalue weighted by molar-refractivity contribution is 5.85. The number of aliphatic carboxylic acids is 1. The summed E-state index contributed by atoms with van der Waals surface area (Å²) in [7, 11) is 0. The van der Waals surface area contributed by atoms with Gasteiger partial charge in [-0.3, -0.25) is 9.69 Å². The minimum atomic E-state index is -0.863. The molecule has 2 saturated heterocycles. The van der Waals surface area contributed by atoms with Crippen molar-refractivity contribution in [1.82, 2.24) is 9.80 Å². The van der Waals surface area contributed by atoms with Gasteiger partial charge in [-0.2, -0.15) is 0 Å². The zero-order valence-corrected chi connectivity index (χ0v) is 13.1. The van der Waals surface area contributed by atoms with Crippen LogP contribution < -0.4 is 0 Å². The van der Waals surface area contributed by atoms with Gasteiger partial charge in [0.05, 0.1) is 13.2 Å². The number of nitrogens with zero attached hydrogens (tertiary/aromatic N) is 2. The third kappa shape index (κ3) is 2.99. The first-order chi connectivity index (χ1) is 10.6. The van der Waals surface area contributed by atoms with E-state index >= 15 is 0 Å². The quantitative estimate of drug-likeness (QED) is 0.842. The highest BCUT2D eigenvalue weighted by Gasteiger charge is 2.44. The molecule has 0 aromatic rings. The first kappa shape index (κ1) is 15.7. The van der Waals surface area contributed by atoms with Crippen LogP contribution in [-0.4, -0.2) is 71.2 Å². The molecule has 3 aliphatic rings. The Labute approximate surface area is 131 Å². The van der Waals surface area contributed by atoms with Crippen molar-refractivity contribution in [2.45, 2.75) is 56.5 Å². The van der Waals surface area contributed by atoms with Crippen LogP contribution in [0.5, 0.6) is 0 Å². The number of carboxylic acid groups (broad SMARTS) is 1. The second-order valence-electron chi connectivity index (χ2n) is 6.79. The Balaban J connectivity index is 1.70. The summed E-state index contributed by atoms with van der Waals surface area (Å²) in [4.78, 5) is 28.1. The van der Waals surface area contributed by atoms with Gasteiger partial charge in [-0.25, -0.2) is 4.79 Å². The summed E-state index contributed by atoms with van der Waals surface area (Å²) in [5.74, 6) is -0.837. The number of amides is 1. The minimum Gasteiger partial charge on any atom is -0.480 e. The van der Waals surface area contributed by atoms with Crippen molar-refractivity contribution in [1.29, 1.82) is 0 Å². The molecule has 0 radical (unpaired) electrons. The van der Waals surface area contributed by atoms with E-state index in [0.29, 0.717) is 19.4 Å². The van der Waals surface area contributed by atoms with Crippen LogP contribution in [0.25, 0.3) is 0 Å². The molecule has 22 heavy (non-hydrogen) atoms. The van der Waals surface area contributed by atoms with Gasteiger partial charge in [0.25, 0.3) is 0 Å². The second-order valence-corrected chi connectivity index (χ2v) is 6.79. The predicted molar refractivity (Wildman–Crippen MR) is 80.6 cm³/mol. The van der Waals surface area contributed by atoms with E-state index in [4.69, 9.17) is 4.74 Å². The fraction of sp³-hybridized carbons (Fsp3) is 0.875. The molecule has 1 amide bonds. The Morgan fingerprint density at radius 3 is 2.41 bits per heavy atom. The van der Waals surface area contributed by atoms with Crippen molar-refractivity contribution in [2.24, 2.45) is 0 Å². The lowest BCUT2D eigenvalue weighted by Gasteiger charge is -2.44. The molecule has 2 aliphatic heterocycles. The summed E-state index contributed by atoms with van der Waals surface area (Å²) in [5, 5.41) is 9.29. The third-order valence-corrected chi connectivity index (χ3v) is 5.55. The average Bonchev–Trinajstić information content (AvgIpc) is 3.18. The van der Waals surface area contributed by atoms with Gasteiger partial charge < -0.3 is 14.7 Å². The lowest BCUT2D eigenvalue weighted by molar-refractivity contribution is -0.149. The largest absolute Gasteiger partial charge is 0.480 e. The monoisotopic (exact) mass is 310 g/mol. The molecule has 0 unspecified atom stereocenters. The van der Waals surface area contributed by atoms with Gasteiger partial charge in [0.2, 0.25) is 5.91 Å². The molecule has 6 nitrogen and oxygen atoms in total. The SMILES string of the molecule is O=C(O)[C@H]1CCCN1C(=O)CC1(N2CCOCC2)CCCC1. The summed E-state index contributed by atoms with van der Waals surface area (Å²) >= 11 is 0. The van der Waals surface area contributed by atoms with E-state index in [2.05, 4.69) is 4.90 Å². The molecular formula is C16H26N2O4. The first-order valence-electron chi connectivity index (χ1n) is 8.47. The van der Waals surface area contributed by atoms with Gasteiger partial charge in [0.1, 0.15) is 6.04 Å².